The highest BCUT2D eigenvalue weighted by molar-refractivity contribution is 5.83. The highest BCUT2D eigenvalue weighted by Gasteiger charge is 2.40. The SMILES string of the molecule is CCCC1(C(=O)NCC(CC(C)C)C(=O)O)CCNC1. The summed E-state index contributed by atoms with van der Waals surface area (Å²) in [7, 11) is 0. The minimum absolute atomic E-state index is 0.0133. The van der Waals surface area contributed by atoms with E-state index in [1.807, 2.05) is 13.8 Å². The van der Waals surface area contributed by atoms with E-state index in [4.69, 9.17) is 0 Å². The van der Waals surface area contributed by atoms with Gasteiger partial charge >= 0.3 is 5.97 Å². The topological polar surface area (TPSA) is 78.4 Å². The van der Waals surface area contributed by atoms with Crippen molar-refractivity contribution in [2.24, 2.45) is 17.3 Å². The number of carboxylic acid groups (broad SMARTS) is 1. The molecule has 0 aromatic rings. The molecule has 0 bridgehead atoms. The van der Waals surface area contributed by atoms with Crippen LogP contribution in [0.15, 0.2) is 0 Å². The maximum atomic E-state index is 12.4. The molecule has 1 rings (SSSR count). The van der Waals surface area contributed by atoms with Crippen LogP contribution in [-0.2, 0) is 9.59 Å². The van der Waals surface area contributed by atoms with Crippen LogP contribution in [0.25, 0.3) is 0 Å². The summed E-state index contributed by atoms with van der Waals surface area (Å²) in [5.74, 6) is -0.995. The fourth-order valence-corrected chi connectivity index (χ4v) is 2.99. The predicted molar refractivity (Wildman–Crippen MR) is 78.4 cm³/mol. The van der Waals surface area contributed by atoms with Crippen molar-refractivity contribution < 1.29 is 14.7 Å². The summed E-state index contributed by atoms with van der Waals surface area (Å²) in [5, 5.41) is 15.3. The third-order valence-corrected chi connectivity index (χ3v) is 4.07. The summed E-state index contributed by atoms with van der Waals surface area (Å²) in [4.78, 5) is 23.6. The maximum absolute atomic E-state index is 12.4. The number of nitrogens with one attached hydrogen (secondary N) is 2. The predicted octanol–water partition coefficient (Wildman–Crippen LogP) is 1.63. The Morgan fingerprint density at radius 1 is 1.40 bits per heavy atom. The van der Waals surface area contributed by atoms with E-state index in [1.54, 1.807) is 0 Å². The van der Waals surface area contributed by atoms with Gasteiger partial charge < -0.3 is 15.7 Å². The van der Waals surface area contributed by atoms with Crippen molar-refractivity contribution >= 4 is 11.9 Å². The van der Waals surface area contributed by atoms with Crippen LogP contribution in [-0.4, -0.2) is 36.6 Å². The number of hydrogen-bond acceptors (Lipinski definition) is 3. The van der Waals surface area contributed by atoms with E-state index in [2.05, 4.69) is 17.6 Å². The molecule has 1 aliphatic rings. The third-order valence-electron chi connectivity index (χ3n) is 4.07. The van der Waals surface area contributed by atoms with Crippen LogP contribution in [0, 0.1) is 17.3 Å². The molecule has 5 heteroatoms. The average molecular weight is 284 g/mol. The molecule has 3 N–H and O–H groups in total. The Morgan fingerprint density at radius 2 is 2.10 bits per heavy atom. The standard InChI is InChI=1S/C15H28N2O3/c1-4-5-15(6-7-16-10-15)14(20)17-9-12(13(18)19)8-11(2)3/h11-12,16H,4-10H2,1-3H3,(H,17,20)(H,18,19). The molecule has 2 unspecified atom stereocenters. The Morgan fingerprint density at radius 3 is 2.55 bits per heavy atom. The zero-order valence-electron chi connectivity index (χ0n) is 12.9. The van der Waals surface area contributed by atoms with Crippen LogP contribution in [0.2, 0.25) is 0 Å². The largest absolute Gasteiger partial charge is 0.481 e. The average Bonchev–Trinajstić information content (AvgIpc) is 2.83. The molecular formula is C15H28N2O3. The molecule has 1 amide bonds. The molecule has 116 valence electrons. The van der Waals surface area contributed by atoms with Crippen LogP contribution in [0.1, 0.15) is 46.5 Å². The van der Waals surface area contributed by atoms with Crippen molar-refractivity contribution in [2.45, 2.75) is 46.5 Å². The van der Waals surface area contributed by atoms with Crippen LogP contribution in [0.4, 0.5) is 0 Å². The minimum Gasteiger partial charge on any atom is -0.481 e. The number of carboxylic acids is 1. The molecule has 1 aliphatic heterocycles. The number of rotatable bonds is 8. The lowest BCUT2D eigenvalue weighted by Gasteiger charge is -2.27. The Balaban J connectivity index is 2.57. The Bertz CT molecular complexity index is 336. The maximum Gasteiger partial charge on any atom is 0.308 e. The quantitative estimate of drug-likeness (QED) is 0.633. The number of hydrogen-bond donors (Lipinski definition) is 3. The molecule has 1 heterocycles. The Hall–Kier alpha value is -1.10. The molecular weight excluding hydrogens is 256 g/mol. The first kappa shape index (κ1) is 17.0. The number of amides is 1. The third kappa shape index (κ3) is 4.47. The van der Waals surface area contributed by atoms with Gasteiger partial charge in [-0.2, -0.15) is 0 Å². The molecule has 0 aromatic heterocycles. The fraction of sp³-hybridized carbons (Fsp3) is 0.867. The van der Waals surface area contributed by atoms with E-state index in [0.717, 1.165) is 25.8 Å². The van der Waals surface area contributed by atoms with E-state index in [1.165, 1.54) is 0 Å². The molecule has 0 aliphatic carbocycles. The summed E-state index contributed by atoms with van der Waals surface area (Å²) < 4.78 is 0. The van der Waals surface area contributed by atoms with Gasteiger partial charge in [-0.3, -0.25) is 9.59 Å². The van der Waals surface area contributed by atoms with Crippen molar-refractivity contribution in [2.75, 3.05) is 19.6 Å². The molecule has 0 spiro atoms. The van der Waals surface area contributed by atoms with Crippen LogP contribution >= 0.6 is 0 Å². The second-order valence-corrected chi connectivity index (χ2v) is 6.33. The zero-order chi connectivity index (χ0) is 15.2. The van der Waals surface area contributed by atoms with Crippen molar-refractivity contribution in [3.05, 3.63) is 0 Å². The summed E-state index contributed by atoms with van der Waals surface area (Å²) in [6.07, 6.45) is 3.25. The van der Waals surface area contributed by atoms with Gasteiger partial charge in [0.2, 0.25) is 5.91 Å². The molecule has 0 aromatic carbocycles. The van der Waals surface area contributed by atoms with Crippen LogP contribution in [0.3, 0.4) is 0 Å². The van der Waals surface area contributed by atoms with Crippen LogP contribution < -0.4 is 10.6 Å². The van der Waals surface area contributed by atoms with Crippen LogP contribution in [0.5, 0.6) is 0 Å². The first-order chi connectivity index (χ1) is 9.41. The van der Waals surface area contributed by atoms with E-state index >= 15 is 0 Å². The molecule has 5 nitrogen and oxygen atoms in total. The smallest absolute Gasteiger partial charge is 0.308 e. The second-order valence-electron chi connectivity index (χ2n) is 6.33. The van der Waals surface area contributed by atoms with Gasteiger partial charge in [-0.25, -0.2) is 0 Å². The number of aliphatic carboxylic acids is 1. The minimum atomic E-state index is -0.826. The molecule has 0 saturated carbocycles. The second kappa shape index (κ2) is 7.62. The van der Waals surface area contributed by atoms with E-state index in [0.29, 0.717) is 18.9 Å². The monoisotopic (exact) mass is 284 g/mol. The summed E-state index contributed by atoms with van der Waals surface area (Å²) >= 11 is 0. The molecule has 1 fully saturated rings. The first-order valence-electron chi connectivity index (χ1n) is 7.63. The molecule has 20 heavy (non-hydrogen) atoms. The molecule has 1 saturated heterocycles. The van der Waals surface area contributed by atoms with Crippen molar-refractivity contribution in [1.82, 2.24) is 10.6 Å². The van der Waals surface area contributed by atoms with Gasteiger partial charge in [0.1, 0.15) is 0 Å². The van der Waals surface area contributed by atoms with Gasteiger partial charge in [0.25, 0.3) is 0 Å². The van der Waals surface area contributed by atoms with Gasteiger partial charge in [-0.05, 0) is 31.7 Å². The molecule has 0 radical (unpaired) electrons. The van der Waals surface area contributed by atoms with Crippen molar-refractivity contribution in [3.8, 4) is 0 Å². The highest BCUT2D eigenvalue weighted by atomic mass is 16.4. The van der Waals surface area contributed by atoms with Crippen molar-refractivity contribution in [3.63, 3.8) is 0 Å². The number of carbonyl (C=O) groups is 2. The zero-order valence-corrected chi connectivity index (χ0v) is 12.9. The van der Waals surface area contributed by atoms with Gasteiger partial charge in [0, 0.05) is 13.1 Å². The molecule has 2 atom stereocenters. The van der Waals surface area contributed by atoms with Gasteiger partial charge in [0.05, 0.1) is 11.3 Å². The summed E-state index contributed by atoms with van der Waals surface area (Å²) in [5.41, 5.74) is -0.338. The lowest BCUT2D eigenvalue weighted by atomic mass is 9.81. The van der Waals surface area contributed by atoms with Gasteiger partial charge in [-0.15, -0.1) is 0 Å². The lowest BCUT2D eigenvalue weighted by molar-refractivity contribution is -0.142. The van der Waals surface area contributed by atoms with E-state index in [9.17, 15) is 14.7 Å². The van der Waals surface area contributed by atoms with E-state index < -0.39 is 11.9 Å². The normalized spacial score (nSPS) is 23.8. The summed E-state index contributed by atoms with van der Waals surface area (Å²) in [6, 6.07) is 0. The highest BCUT2D eigenvalue weighted by Crippen LogP contribution is 2.31. The lowest BCUT2D eigenvalue weighted by Crippen LogP contribution is -2.45. The Kier molecular flexibility index (Phi) is 6.46. The number of carbonyl (C=O) groups excluding carboxylic acids is 1. The summed E-state index contributed by atoms with van der Waals surface area (Å²) in [6.45, 7) is 7.87. The van der Waals surface area contributed by atoms with Gasteiger partial charge in [-0.1, -0.05) is 27.2 Å². The van der Waals surface area contributed by atoms with E-state index in [-0.39, 0.29) is 17.9 Å². The first-order valence-corrected chi connectivity index (χ1v) is 7.63. The fourth-order valence-electron chi connectivity index (χ4n) is 2.99. The Labute approximate surface area is 121 Å². The van der Waals surface area contributed by atoms with Crippen molar-refractivity contribution in [1.29, 1.82) is 0 Å². The van der Waals surface area contributed by atoms with Gasteiger partial charge in [0.15, 0.2) is 0 Å².